The average Bonchev–Trinajstić information content (AvgIpc) is 2.77. The fraction of sp³-hybridized carbons (Fsp3) is 0.538. The molecule has 3 heteroatoms. The third-order valence-corrected chi connectivity index (χ3v) is 3.44. The number of hydrogen-bond donors (Lipinski definition) is 1. The molecule has 1 aromatic carbocycles. The molecule has 0 amide bonds. The smallest absolute Gasteiger partial charge is 0.120 e. The number of nitrogens with zero attached hydrogens (tertiary/aromatic N) is 1. The van der Waals surface area contributed by atoms with Crippen LogP contribution in [0.3, 0.4) is 0 Å². The van der Waals surface area contributed by atoms with Crippen molar-refractivity contribution in [1.82, 2.24) is 4.90 Å². The number of aromatic hydroxyl groups is 1. The Balaban J connectivity index is 2.08. The molecule has 2 atom stereocenters. The molecule has 3 nitrogen and oxygen atoms in total. The molecule has 1 heterocycles. The van der Waals surface area contributed by atoms with Crippen LogP contribution in [0, 0.1) is 0 Å². The van der Waals surface area contributed by atoms with Crippen molar-refractivity contribution in [2.45, 2.75) is 25.5 Å². The molecule has 0 radical (unpaired) electrons. The number of phenolic OH excluding ortho intramolecular Hbond substituents is 1. The standard InChI is InChI=1S/C13H19NO2/c1-10(12-5-3-4-6-13(12)15)14-8-7-11(9-14)16-2/h3-6,10-11,15H,7-9H2,1-2H3. The molecule has 0 aliphatic carbocycles. The summed E-state index contributed by atoms with van der Waals surface area (Å²) < 4.78 is 5.35. The van der Waals surface area contributed by atoms with Gasteiger partial charge in [-0.25, -0.2) is 0 Å². The number of phenols is 1. The second kappa shape index (κ2) is 4.85. The van der Waals surface area contributed by atoms with Crippen LogP contribution >= 0.6 is 0 Å². The van der Waals surface area contributed by atoms with E-state index in [1.807, 2.05) is 18.2 Å². The second-order valence-corrected chi connectivity index (χ2v) is 4.38. The molecule has 0 bridgehead atoms. The van der Waals surface area contributed by atoms with Crippen molar-refractivity contribution in [2.24, 2.45) is 0 Å². The summed E-state index contributed by atoms with van der Waals surface area (Å²) in [5.41, 5.74) is 0.999. The highest BCUT2D eigenvalue weighted by atomic mass is 16.5. The highest BCUT2D eigenvalue weighted by molar-refractivity contribution is 5.34. The number of benzene rings is 1. The Bertz CT molecular complexity index is 354. The summed E-state index contributed by atoms with van der Waals surface area (Å²) in [5.74, 6) is 0.385. The summed E-state index contributed by atoms with van der Waals surface area (Å²) in [6.45, 7) is 4.12. The molecule has 2 rings (SSSR count). The quantitative estimate of drug-likeness (QED) is 0.849. The fourth-order valence-corrected chi connectivity index (χ4v) is 2.34. The van der Waals surface area contributed by atoms with Gasteiger partial charge in [0.25, 0.3) is 0 Å². The van der Waals surface area contributed by atoms with E-state index in [0.29, 0.717) is 11.9 Å². The Morgan fingerprint density at radius 3 is 2.81 bits per heavy atom. The highest BCUT2D eigenvalue weighted by Crippen LogP contribution is 2.30. The van der Waals surface area contributed by atoms with Crippen molar-refractivity contribution < 1.29 is 9.84 Å². The third-order valence-electron chi connectivity index (χ3n) is 3.44. The summed E-state index contributed by atoms with van der Waals surface area (Å²) in [4.78, 5) is 2.35. The molecule has 1 aromatic rings. The maximum atomic E-state index is 9.81. The van der Waals surface area contributed by atoms with Crippen molar-refractivity contribution in [1.29, 1.82) is 0 Å². The number of hydrogen-bond acceptors (Lipinski definition) is 3. The van der Waals surface area contributed by atoms with Crippen LogP contribution in [0.25, 0.3) is 0 Å². The van der Waals surface area contributed by atoms with E-state index in [1.54, 1.807) is 13.2 Å². The van der Waals surface area contributed by atoms with Gasteiger partial charge >= 0.3 is 0 Å². The summed E-state index contributed by atoms with van der Waals surface area (Å²) in [7, 11) is 1.76. The van der Waals surface area contributed by atoms with E-state index < -0.39 is 0 Å². The van der Waals surface area contributed by atoms with Gasteiger partial charge in [0.15, 0.2) is 0 Å². The Hall–Kier alpha value is -1.06. The Labute approximate surface area is 96.6 Å². The molecular formula is C13H19NO2. The van der Waals surface area contributed by atoms with Crippen LogP contribution in [0.4, 0.5) is 0 Å². The van der Waals surface area contributed by atoms with Crippen molar-refractivity contribution in [3.05, 3.63) is 29.8 Å². The van der Waals surface area contributed by atoms with Crippen molar-refractivity contribution in [3.8, 4) is 5.75 Å². The van der Waals surface area contributed by atoms with E-state index in [4.69, 9.17) is 4.74 Å². The molecule has 16 heavy (non-hydrogen) atoms. The van der Waals surface area contributed by atoms with Gasteiger partial charge in [0.05, 0.1) is 6.10 Å². The summed E-state index contributed by atoms with van der Waals surface area (Å²) in [6, 6.07) is 7.81. The second-order valence-electron chi connectivity index (χ2n) is 4.38. The van der Waals surface area contributed by atoms with Gasteiger partial charge < -0.3 is 9.84 Å². The van der Waals surface area contributed by atoms with Gasteiger partial charge in [-0.2, -0.15) is 0 Å². The largest absolute Gasteiger partial charge is 0.508 e. The van der Waals surface area contributed by atoms with Gasteiger partial charge in [-0.1, -0.05) is 18.2 Å². The number of ether oxygens (including phenoxy) is 1. The van der Waals surface area contributed by atoms with Crippen LogP contribution in [0.5, 0.6) is 5.75 Å². The first-order chi connectivity index (χ1) is 7.72. The van der Waals surface area contributed by atoms with Gasteiger partial charge in [-0.05, 0) is 19.4 Å². The lowest BCUT2D eigenvalue weighted by Gasteiger charge is -2.25. The molecule has 0 saturated carbocycles. The Morgan fingerprint density at radius 2 is 2.19 bits per heavy atom. The van der Waals surface area contributed by atoms with E-state index in [1.165, 1.54) is 0 Å². The molecule has 1 N–H and O–H groups in total. The van der Waals surface area contributed by atoms with Gasteiger partial charge in [0, 0.05) is 31.8 Å². The first-order valence-electron chi connectivity index (χ1n) is 5.77. The van der Waals surface area contributed by atoms with Crippen molar-refractivity contribution in [3.63, 3.8) is 0 Å². The molecule has 2 unspecified atom stereocenters. The maximum Gasteiger partial charge on any atom is 0.120 e. The summed E-state index contributed by atoms with van der Waals surface area (Å²) in [6.07, 6.45) is 1.42. The molecule has 1 aliphatic rings. The summed E-state index contributed by atoms with van der Waals surface area (Å²) in [5, 5.41) is 9.81. The number of para-hydroxylation sites is 1. The predicted octanol–water partition coefficient (Wildman–Crippen LogP) is 2.17. The highest BCUT2D eigenvalue weighted by Gasteiger charge is 2.27. The first-order valence-corrected chi connectivity index (χ1v) is 5.77. The molecule has 1 aliphatic heterocycles. The average molecular weight is 221 g/mol. The third kappa shape index (κ3) is 2.20. The Morgan fingerprint density at radius 1 is 1.44 bits per heavy atom. The maximum absolute atomic E-state index is 9.81. The molecule has 1 saturated heterocycles. The van der Waals surface area contributed by atoms with E-state index >= 15 is 0 Å². The van der Waals surface area contributed by atoms with Crippen LogP contribution in [-0.4, -0.2) is 36.3 Å². The van der Waals surface area contributed by atoms with E-state index in [2.05, 4.69) is 11.8 Å². The lowest BCUT2D eigenvalue weighted by molar-refractivity contribution is 0.102. The molecule has 0 aromatic heterocycles. The molecule has 88 valence electrons. The van der Waals surface area contributed by atoms with Gasteiger partial charge in [0.1, 0.15) is 5.75 Å². The molecular weight excluding hydrogens is 202 g/mol. The molecule has 1 fully saturated rings. The van der Waals surface area contributed by atoms with E-state index in [-0.39, 0.29) is 6.04 Å². The zero-order valence-electron chi connectivity index (χ0n) is 9.89. The summed E-state index contributed by atoms with van der Waals surface area (Å²) >= 11 is 0. The fourth-order valence-electron chi connectivity index (χ4n) is 2.34. The van der Waals surface area contributed by atoms with Crippen LogP contribution in [0.2, 0.25) is 0 Å². The van der Waals surface area contributed by atoms with Crippen LogP contribution in [0.15, 0.2) is 24.3 Å². The lowest BCUT2D eigenvalue weighted by atomic mass is 10.1. The number of methoxy groups -OCH3 is 1. The van der Waals surface area contributed by atoms with Gasteiger partial charge in [-0.3, -0.25) is 4.90 Å². The van der Waals surface area contributed by atoms with E-state index in [9.17, 15) is 5.11 Å². The minimum absolute atomic E-state index is 0.251. The van der Waals surface area contributed by atoms with Crippen LogP contribution in [-0.2, 0) is 4.74 Å². The zero-order valence-corrected chi connectivity index (χ0v) is 9.89. The van der Waals surface area contributed by atoms with Gasteiger partial charge in [0.2, 0.25) is 0 Å². The Kier molecular flexibility index (Phi) is 3.46. The first kappa shape index (κ1) is 11.4. The lowest BCUT2D eigenvalue weighted by Crippen LogP contribution is -2.26. The van der Waals surface area contributed by atoms with Crippen LogP contribution in [0.1, 0.15) is 24.9 Å². The minimum atomic E-state index is 0.251. The van der Waals surface area contributed by atoms with E-state index in [0.717, 1.165) is 25.1 Å². The predicted molar refractivity (Wildman–Crippen MR) is 63.5 cm³/mol. The van der Waals surface area contributed by atoms with Gasteiger partial charge in [-0.15, -0.1) is 0 Å². The van der Waals surface area contributed by atoms with Crippen LogP contribution < -0.4 is 0 Å². The SMILES string of the molecule is COC1CCN(C(C)c2ccccc2O)C1. The minimum Gasteiger partial charge on any atom is -0.508 e. The normalized spacial score (nSPS) is 23.5. The zero-order chi connectivity index (χ0) is 11.5. The monoisotopic (exact) mass is 221 g/mol. The van der Waals surface area contributed by atoms with Crippen molar-refractivity contribution in [2.75, 3.05) is 20.2 Å². The molecule has 0 spiro atoms. The number of likely N-dealkylation sites (tertiary alicyclic amines) is 1. The van der Waals surface area contributed by atoms with Crippen molar-refractivity contribution >= 4 is 0 Å². The number of rotatable bonds is 3. The topological polar surface area (TPSA) is 32.7 Å².